The summed E-state index contributed by atoms with van der Waals surface area (Å²) in [6.45, 7) is 2.30. The molecule has 0 aromatic rings. The summed E-state index contributed by atoms with van der Waals surface area (Å²) in [5.41, 5.74) is 0. The number of carboxylic acids is 1. The van der Waals surface area contributed by atoms with E-state index in [1.54, 1.807) is 0 Å². The number of nitrogens with one attached hydrogen (secondary N) is 1. The van der Waals surface area contributed by atoms with E-state index in [4.69, 9.17) is 9.84 Å². The number of amides is 3. The predicted molar refractivity (Wildman–Crippen MR) is 91.4 cm³/mol. The highest BCUT2D eigenvalue weighted by Gasteiger charge is 2.62. The molecular weight excluding hydrogens is 354 g/mol. The van der Waals surface area contributed by atoms with Gasteiger partial charge in [0.1, 0.15) is 6.54 Å². The van der Waals surface area contributed by atoms with Crippen molar-refractivity contribution in [2.75, 3.05) is 19.6 Å². The fourth-order valence-corrected chi connectivity index (χ4v) is 5.02. The number of fused-ring (bicyclic) bond motifs is 5. The Hall–Kier alpha value is -2.00. The third-order valence-electron chi connectivity index (χ3n) is 6.42. The molecule has 3 amide bonds. The maximum absolute atomic E-state index is 12.6. The van der Waals surface area contributed by atoms with Gasteiger partial charge in [0, 0.05) is 12.1 Å². The second kappa shape index (κ2) is 6.87. The van der Waals surface area contributed by atoms with E-state index in [0.29, 0.717) is 19.4 Å². The van der Waals surface area contributed by atoms with E-state index < -0.39 is 17.8 Å². The molecule has 1 saturated carbocycles. The SMILES string of the molecule is CCN(CC(=O)O)C1CC(NC(=O)CN2C(=O)C3C4CCC(O4)C3C2=O)C1. The summed E-state index contributed by atoms with van der Waals surface area (Å²) in [5, 5.41) is 11.8. The normalized spacial score (nSPS) is 36.9. The molecule has 4 fully saturated rings. The molecule has 0 spiro atoms. The number of likely N-dealkylation sites (tertiary alicyclic amines) is 1. The molecule has 2 N–H and O–H groups in total. The Bertz CT molecular complexity index is 648. The van der Waals surface area contributed by atoms with Gasteiger partial charge >= 0.3 is 5.97 Å². The van der Waals surface area contributed by atoms with Crippen molar-refractivity contribution in [1.82, 2.24) is 15.1 Å². The molecule has 4 atom stereocenters. The number of rotatable bonds is 7. The predicted octanol–water partition coefficient (Wildman–Crippen LogP) is -0.797. The van der Waals surface area contributed by atoms with Crippen LogP contribution in [0.25, 0.3) is 0 Å². The van der Waals surface area contributed by atoms with Crippen molar-refractivity contribution < 1.29 is 29.0 Å². The molecule has 0 aromatic carbocycles. The molecule has 4 unspecified atom stereocenters. The molecular formula is C18H25N3O6. The largest absolute Gasteiger partial charge is 0.480 e. The molecule has 148 valence electrons. The average Bonchev–Trinajstić information content (AvgIpc) is 3.25. The quantitative estimate of drug-likeness (QED) is 0.557. The molecule has 9 nitrogen and oxygen atoms in total. The highest BCUT2D eigenvalue weighted by atomic mass is 16.5. The molecule has 0 aromatic heterocycles. The van der Waals surface area contributed by atoms with Gasteiger partial charge in [-0.2, -0.15) is 0 Å². The first-order valence-corrected chi connectivity index (χ1v) is 9.65. The number of carbonyl (C=O) groups is 4. The minimum Gasteiger partial charge on any atom is -0.480 e. The Balaban J connectivity index is 1.27. The minimum absolute atomic E-state index is 0.00814. The van der Waals surface area contributed by atoms with Crippen molar-refractivity contribution in [2.45, 2.75) is 56.9 Å². The van der Waals surface area contributed by atoms with Gasteiger partial charge in [0.2, 0.25) is 17.7 Å². The van der Waals surface area contributed by atoms with Gasteiger partial charge < -0.3 is 15.2 Å². The van der Waals surface area contributed by atoms with Crippen LogP contribution in [-0.4, -0.2) is 82.5 Å². The smallest absolute Gasteiger partial charge is 0.317 e. The molecule has 0 radical (unpaired) electrons. The topological polar surface area (TPSA) is 116 Å². The van der Waals surface area contributed by atoms with Crippen LogP contribution in [0.1, 0.15) is 32.6 Å². The number of likely N-dealkylation sites (N-methyl/N-ethyl adjacent to an activating group) is 1. The Morgan fingerprint density at radius 1 is 1.19 bits per heavy atom. The molecule has 27 heavy (non-hydrogen) atoms. The van der Waals surface area contributed by atoms with E-state index >= 15 is 0 Å². The van der Waals surface area contributed by atoms with Gasteiger partial charge in [0.05, 0.1) is 30.6 Å². The lowest BCUT2D eigenvalue weighted by Gasteiger charge is -2.42. The lowest BCUT2D eigenvalue weighted by molar-refractivity contribution is -0.146. The van der Waals surface area contributed by atoms with E-state index in [2.05, 4.69) is 5.32 Å². The van der Waals surface area contributed by atoms with E-state index in [-0.39, 0.29) is 55.1 Å². The van der Waals surface area contributed by atoms with Gasteiger partial charge in [0.25, 0.3) is 0 Å². The van der Waals surface area contributed by atoms with Gasteiger partial charge in [-0.1, -0.05) is 6.92 Å². The van der Waals surface area contributed by atoms with Crippen LogP contribution in [0.4, 0.5) is 0 Å². The molecule has 3 aliphatic heterocycles. The van der Waals surface area contributed by atoms with Crippen molar-refractivity contribution in [1.29, 1.82) is 0 Å². The van der Waals surface area contributed by atoms with E-state index in [0.717, 1.165) is 17.7 Å². The number of ether oxygens (including phenoxy) is 1. The van der Waals surface area contributed by atoms with Gasteiger partial charge in [-0.3, -0.25) is 29.0 Å². The van der Waals surface area contributed by atoms with Gasteiger partial charge in [0.15, 0.2) is 0 Å². The zero-order chi connectivity index (χ0) is 19.3. The number of carbonyl (C=O) groups excluding carboxylic acids is 3. The Labute approximate surface area is 157 Å². The van der Waals surface area contributed by atoms with Gasteiger partial charge in [-0.05, 0) is 32.2 Å². The number of aliphatic carboxylic acids is 1. The van der Waals surface area contributed by atoms with Crippen LogP contribution in [0.3, 0.4) is 0 Å². The van der Waals surface area contributed by atoms with Crippen LogP contribution < -0.4 is 5.32 Å². The van der Waals surface area contributed by atoms with Crippen molar-refractivity contribution in [2.24, 2.45) is 11.8 Å². The molecule has 1 aliphatic carbocycles. The van der Waals surface area contributed by atoms with Crippen LogP contribution in [0.5, 0.6) is 0 Å². The van der Waals surface area contributed by atoms with Crippen molar-refractivity contribution in [3.8, 4) is 0 Å². The molecule has 3 heterocycles. The van der Waals surface area contributed by atoms with Crippen LogP contribution in [-0.2, 0) is 23.9 Å². The summed E-state index contributed by atoms with van der Waals surface area (Å²) in [5.74, 6) is -2.58. The number of nitrogens with zero attached hydrogens (tertiary/aromatic N) is 2. The fourth-order valence-electron chi connectivity index (χ4n) is 5.02. The third-order valence-corrected chi connectivity index (χ3v) is 6.42. The summed E-state index contributed by atoms with van der Waals surface area (Å²) >= 11 is 0. The standard InChI is InChI=1S/C18H25N3O6/c1-2-20(8-14(23)24)10-5-9(6-10)19-13(22)7-21-17(25)15-11-3-4-12(27-11)16(15)18(21)26/h9-12,15-16H,2-8H2,1H3,(H,19,22)(H,23,24). The highest BCUT2D eigenvalue weighted by molar-refractivity contribution is 6.08. The number of hydrogen-bond acceptors (Lipinski definition) is 6. The Morgan fingerprint density at radius 3 is 2.30 bits per heavy atom. The summed E-state index contributed by atoms with van der Waals surface area (Å²) in [4.78, 5) is 51.3. The van der Waals surface area contributed by atoms with Gasteiger partial charge in [-0.15, -0.1) is 0 Å². The van der Waals surface area contributed by atoms with Crippen LogP contribution in [0, 0.1) is 11.8 Å². The maximum Gasteiger partial charge on any atom is 0.317 e. The minimum atomic E-state index is -0.862. The molecule has 3 saturated heterocycles. The first-order valence-electron chi connectivity index (χ1n) is 9.65. The second-order valence-corrected chi connectivity index (χ2v) is 7.95. The Morgan fingerprint density at radius 2 is 1.78 bits per heavy atom. The van der Waals surface area contributed by atoms with E-state index in [1.807, 2.05) is 11.8 Å². The Kier molecular flexibility index (Phi) is 4.67. The van der Waals surface area contributed by atoms with Crippen LogP contribution in [0.15, 0.2) is 0 Å². The zero-order valence-corrected chi connectivity index (χ0v) is 15.3. The lowest BCUT2D eigenvalue weighted by atomic mass is 9.81. The van der Waals surface area contributed by atoms with Crippen LogP contribution in [0.2, 0.25) is 0 Å². The monoisotopic (exact) mass is 379 g/mol. The average molecular weight is 379 g/mol. The van der Waals surface area contributed by atoms with Crippen molar-refractivity contribution in [3.63, 3.8) is 0 Å². The maximum atomic E-state index is 12.6. The third kappa shape index (κ3) is 3.12. The van der Waals surface area contributed by atoms with Crippen molar-refractivity contribution >= 4 is 23.7 Å². The van der Waals surface area contributed by atoms with E-state index in [1.165, 1.54) is 0 Å². The number of imide groups is 1. The molecule has 4 aliphatic rings. The van der Waals surface area contributed by atoms with Crippen molar-refractivity contribution in [3.05, 3.63) is 0 Å². The highest BCUT2D eigenvalue weighted by Crippen LogP contribution is 2.48. The molecule has 2 bridgehead atoms. The summed E-state index contributed by atoms with van der Waals surface area (Å²) in [7, 11) is 0. The molecule has 9 heteroatoms. The number of carboxylic acid groups (broad SMARTS) is 1. The second-order valence-electron chi connectivity index (χ2n) is 7.95. The van der Waals surface area contributed by atoms with E-state index in [9.17, 15) is 19.2 Å². The fraction of sp³-hybridized carbons (Fsp3) is 0.778. The summed E-state index contributed by atoms with van der Waals surface area (Å²) < 4.78 is 5.68. The number of hydrogen-bond donors (Lipinski definition) is 2. The first kappa shape index (κ1) is 18.4. The summed E-state index contributed by atoms with van der Waals surface area (Å²) in [6.07, 6.45) is 2.62. The lowest BCUT2D eigenvalue weighted by Crippen LogP contribution is -2.56. The zero-order valence-electron chi connectivity index (χ0n) is 15.3. The molecule has 4 rings (SSSR count). The summed E-state index contributed by atoms with van der Waals surface area (Å²) in [6, 6.07) is 0.0933. The van der Waals surface area contributed by atoms with Gasteiger partial charge in [-0.25, -0.2) is 0 Å². The first-order chi connectivity index (χ1) is 12.9. The van der Waals surface area contributed by atoms with Crippen LogP contribution >= 0.6 is 0 Å².